The molecule has 0 radical (unpaired) electrons. The average Bonchev–Trinajstić information content (AvgIpc) is 3.84. The lowest BCUT2D eigenvalue weighted by atomic mass is 9.97. The molecule has 0 aliphatic heterocycles. The van der Waals surface area contributed by atoms with E-state index in [1.807, 2.05) is 20.8 Å². The van der Waals surface area contributed by atoms with Gasteiger partial charge in [-0.1, -0.05) is 46.2 Å². The largest absolute Gasteiger partial charge is 0.508 e. The average molecular weight is 1020 g/mol. The maximum Gasteiger partial charge on any atom is 0.326 e. The summed E-state index contributed by atoms with van der Waals surface area (Å²) in [7, 11) is 0. The number of H-pyrrole nitrogens is 1. The number of aliphatic carboxylic acids is 2. The molecule has 0 saturated carbocycles. The second-order valence-corrected chi connectivity index (χ2v) is 18.0. The Labute approximate surface area is 417 Å². The van der Waals surface area contributed by atoms with Crippen LogP contribution in [0.25, 0.3) is 0 Å². The highest BCUT2D eigenvalue weighted by Crippen LogP contribution is 2.14. The molecule has 1 heterocycles. The number of aromatic hydroxyl groups is 1. The number of hydrogen-bond acceptors (Lipinski definition) is 14. The maximum atomic E-state index is 14.2. The van der Waals surface area contributed by atoms with Crippen LogP contribution in [0.2, 0.25) is 0 Å². The fourth-order valence-corrected chi connectivity index (χ4v) is 7.06. The fraction of sp³-hybridized carbons (Fsp3) is 0.587. The molecule has 0 aliphatic carbocycles. The summed E-state index contributed by atoms with van der Waals surface area (Å²) in [5.41, 5.74) is 23.4. The van der Waals surface area contributed by atoms with Crippen LogP contribution in [0.1, 0.15) is 97.2 Å². The number of hydrogen-bond donors (Lipinski definition) is 15. The van der Waals surface area contributed by atoms with Gasteiger partial charge in [0.25, 0.3) is 0 Å². The van der Waals surface area contributed by atoms with Gasteiger partial charge in [-0.15, -0.1) is 0 Å². The number of phenolic OH excluding ortho intramolecular Hbond substituents is 1. The summed E-state index contributed by atoms with van der Waals surface area (Å²) in [6.45, 7) is 8.96. The minimum Gasteiger partial charge on any atom is -0.508 e. The van der Waals surface area contributed by atoms with Crippen LogP contribution in [0.3, 0.4) is 0 Å². The van der Waals surface area contributed by atoms with Crippen LogP contribution in [-0.4, -0.2) is 146 Å². The van der Waals surface area contributed by atoms with Crippen LogP contribution < -0.4 is 60.2 Å². The normalized spacial score (nSPS) is 14.8. The third-order valence-electron chi connectivity index (χ3n) is 11.4. The van der Waals surface area contributed by atoms with E-state index in [1.165, 1.54) is 43.7 Å². The van der Waals surface area contributed by atoms with Crippen LogP contribution in [0, 0.1) is 11.8 Å². The summed E-state index contributed by atoms with van der Waals surface area (Å²) in [5.74, 6) is -9.71. The van der Waals surface area contributed by atoms with Crippen molar-refractivity contribution in [1.29, 1.82) is 0 Å². The third kappa shape index (κ3) is 22.2. The monoisotopic (exact) mass is 1010 g/mol. The maximum absolute atomic E-state index is 14.2. The quantitative estimate of drug-likeness (QED) is 0.0199. The van der Waals surface area contributed by atoms with E-state index in [-0.39, 0.29) is 75.2 Å². The Kier molecular flexibility index (Phi) is 26.2. The van der Waals surface area contributed by atoms with Crippen LogP contribution in [0.15, 0.2) is 41.8 Å². The molecule has 7 amide bonds. The summed E-state index contributed by atoms with van der Waals surface area (Å²) in [6.07, 6.45) is 2.70. The molecule has 1 aromatic heterocycles. The Balaban J connectivity index is 2.44. The number of amides is 7. The van der Waals surface area contributed by atoms with Crippen molar-refractivity contribution in [2.75, 3.05) is 13.1 Å². The number of carbonyl (C=O) groups is 9. The Morgan fingerprint density at radius 3 is 1.75 bits per heavy atom. The number of rotatable bonds is 33. The topological polar surface area (TPSA) is 444 Å². The predicted octanol–water partition coefficient (Wildman–Crippen LogP) is -2.52. The molecule has 26 heteroatoms. The Morgan fingerprint density at radius 1 is 0.667 bits per heavy atom. The Hall–Kier alpha value is -7.35. The number of carbonyl (C=O) groups excluding carboxylic acids is 7. The van der Waals surface area contributed by atoms with Gasteiger partial charge >= 0.3 is 11.9 Å². The van der Waals surface area contributed by atoms with Gasteiger partial charge in [-0.2, -0.15) is 0 Å². The number of nitrogens with zero attached hydrogens (tertiary/aromatic N) is 2. The lowest BCUT2D eigenvalue weighted by molar-refractivity contribution is -0.143. The van der Waals surface area contributed by atoms with E-state index < -0.39 is 108 Å². The number of imidazole rings is 1. The first kappa shape index (κ1) is 60.8. The van der Waals surface area contributed by atoms with Crippen molar-refractivity contribution in [1.82, 2.24) is 47.2 Å². The summed E-state index contributed by atoms with van der Waals surface area (Å²) in [5, 5.41) is 47.1. The van der Waals surface area contributed by atoms with Crippen molar-refractivity contribution in [2.24, 2.45) is 39.8 Å². The smallest absolute Gasteiger partial charge is 0.326 e. The van der Waals surface area contributed by atoms with Crippen LogP contribution >= 0.6 is 0 Å². The van der Waals surface area contributed by atoms with E-state index in [9.17, 15) is 58.5 Å². The molecule has 0 spiro atoms. The molecule has 19 N–H and O–H groups in total. The number of aromatic amines is 1. The number of unbranched alkanes of at least 4 members (excludes halogenated alkanes) is 1. The zero-order valence-corrected chi connectivity index (χ0v) is 41.4. The lowest BCUT2D eigenvalue weighted by Crippen LogP contribution is -2.60. The molecule has 0 fully saturated rings. The Bertz CT molecular complexity index is 2140. The van der Waals surface area contributed by atoms with E-state index in [0.717, 1.165) is 0 Å². The zero-order valence-electron chi connectivity index (χ0n) is 41.4. The second kappa shape index (κ2) is 31.1. The number of benzene rings is 1. The highest BCUT2D eigenvalue weighted by Gasteiger charge is 2.35. The zero-order chi connectivity index (χ0) is 54.1. The fourth-order valence-electron chi connectivity index (χ4n) is 7.06. The number of nitrogens with two attached hydrogens (primary N) is 4. The van der Waals surface area contributed by atoms with Crippen molar-refractivity contribution < 1.29 is 58.5 Å². The number of phenols is 1. The molecule has 1 aromatic carbocycles. The molecule has 0 unspecified atom stereocenters. The number of nitrogens with one attached hydrogen (secondary N) is 8. The highest BCUT2D eigenvalue weighted by molar-refractivity contribution is 5.98. The van der Waals surface area contributed by atoms with Crippen molar-refractivity contribution in [3.05, 3.63) is 48.0 Å². The van der Waals surface area contributed by atoms with E-state index >= 15 is 0 Å². The Morgan fingerprint density at radius 2 is 1.19 bits per heavy atom. The van der Waals surface area contributed by atoms with Gasteiger partial charge in [-0.05, 0) is 81.5 Å². The SMILES string of the molecule is CC[C@H](C)[C@@H](N)C(=O)N[C@H](CC(C)C)C(=O)N[C@H](C)C(=O)N[C@H](Cc1cnc[nH]1)C(=O)N[C@H](CCCN=C(N)N)C(=O)N[C@H](CC(=O)O)C(=O)N[C@H](Cc1ccc(O)cc1)C(=O)N[C@H](CCCCN)C(=O)O. The number of carboxylic acids is 2. The van der Waals surface area contributed by atoms with E-state index in [1.54, 1.807) is 6.92 Å². The van der Waals surface area contributed by atoms with Gasteiger partial charge in [0.05, 0.1) is 18.8 Å². The van der Waals surface area contributed by atoms with Gasteiger partial charge in [0, 0.05) is 31.3 Å². The van der Waals surface area contributed by atoms with E-state index in [0.29, 0.717) is 30.5 Å². The molecule has 0 bridgehead atoms. The summed E-state index contributed by atoms with van der Waals surface area (Å²) < 4.78 is 0. The van der Waals surface area contributed by atoms with Crippen molar-refractivity contribution in [3.8, 4) is 5.75 Å². The van der Waals surface area contributed by atoms with Gasteiger partial charge in [0.15, 0.2) is 5.96 Å². The molecule has 72 heavy (non-hydrogen) atoms. The van der Waals surface area contributed by atoms with Crippen molar-refractivity contribution >= 4 is 59.2 Å². The third-order valence-corrected chi connectivity index (χ3v) is 11.4. The van der Waals surface area contributed by atoms with Gasteiger partial charge in [0.2, 0.25) is 41.4 Å². The van der Waals surface area contributed by atoms with Crippen LogP contribution in [0.4, 0.5) is 0 Å². The summed E-state index contributed by atoms with van der Waals surface area (Å²) >= 11 is 0. The minimum atomic E-state index is -1.89. The summed E-state index contributed by atoms with van der Waals surface area (Å²) in [4.78, 5) is 131. The predicted molar refractivity (Wildman–Crippen MR) is 263 cm³/mol. The molecular formula is C46H74N14O12. The molecule has 2 rings (SSSR count). The van der Waals surface area contributed by atoms with E-state index in [4.69, 9.17) is 22.9 Å². The molecule has 26 nitrogen and oxygen atoms in total. The van der Waals surface area contributed by atoms with Crippen molar-refractivity contribution in [2.45, 2.75) is 147 Å². The summed E-state index contributed by atoms with van der Waals surface area (Å²) in [6, 6.07) is -5.50. The highest BCUT2D eigenvalue weighted by atomic mass is 16.4. The van der Waals surface area contributed by atoms with Gasteiger partial charge in [0.1, 0.15) is 48.0 Å². The lowest BCUT2D eigenvalue weighted by Gasteiger charge is -2.27. The van der Waals surface area contributed by atoms with Crippen LogP contribution in [0.5, 0.6) is 5.75 Å². The first-order valence-corrected chi connectivity index (χ1v) is 23.8. The van der Waals surface area contributed by atoms with Gasteiger partial charge in [-0.25, -0.2) is 9.78 Å². The molecule has 9 atom stereocenters. The van der Waals surface area contributed by atoms with Crippen LogP contribution in [-0.2, 0) is 56.0 Å². The number of aliphatic imine (C=N–C) groups is 1. The molecule has 400 valence electrons. The molecule has 2 aromatic rings. The van der Waals surface area contributed by atoms with Gasteiger partial charge < -0.3 is 80.5 Å². The molecule has 0 aliphatic rings. The first-order chi connectivity index (χ1) is 33.9. The number of guanidine groups is 1. The standard InChI is InChI=1S/C46H74N14O12/c1-6-25(4)37(48)44(70)60-32(18-24(2)3)40(66)54-26(5)38(64)57-34(20-28-22-51-23-53-28)42(68)55-30(11-9-17-52-46(49)50)39(65)59-35(21-36(62)63)43(69)58-33(19-27-12-14-29(61)15-13-27)41(67)56-31(45(71)72)10-7-8-16-47/h12-15,22-26,30-35,37,61H,6-11,16-21,47-48H2,1-5H3,(H,51,53)(H,54,66)(H,55,68)(H,56,67)(H,57,64)(H,58,69)(H,59,65)(H,60,70)(H,62,63)(H,71,72)(H4,49,50,52)/t25-,26+,30+,31+,32+,33+,34+,35+,37+/m0/s1. The van der Waals surface area contributed by atoms with Crippen molar-refractivity contribution in [3.63, 3.8) is 0 Å². The molecular weight excluding hydrogens is 941 g/mol. The number of carboxylic acid groups (broad SMARTS) is 2. The number of aromatic nitrogens is 2. The second-order valence-electron chi connectivity index (χ2n) is 18.0. The van der Waals surface area contributed by atoms with Gasteiger partial charge in [-0.3, -0.25) is 43.3 Å². The first-order valence-electron chi connectivity index (χ1n) is 23.8. The molecule has 0 saturated heterocycles. The van der Waals surface area contributed by atoms with E-state index in [2.05, 4.69) is 52.2 Å². The minimum absolute atomic E-state index is 0.00257.